The largest absolute Gasteiger partial charge is 0.354 e. The molecular weight excluding hydrogens is 362 g/mol. The van der Waals surface area contributed by atoms with E-state index in [9.17, 15) is 4.79 Å². The number of carbonyl (C=O) groups excluding carboxylic acids is 1. The van der Waals surface area contributed by atoms with Crippen LogP contribution in [0, 0.1) is 18.3 Å². The molecule has 1 saturated carbocycles. The molecule has 0 radical (unpaired) electrons. The molecule has 1 amide bonds. The Morgan fingerprint density at radius 1 is 1.44 bits per heavy atom. The average Bonchev–Trinajstić information content (AvgIpc) is 3.41. The number of nitrogens with one attached hydrogen (secondary N) is 1. The predicted octanol–water partition coefficient (Wildman–Crippen LogP) is 1.93. The molecule has 0 bridgehead atoms. The van der Waals surface area contributed by atoms with Gasteiger partial charge in [-0.25, -0.2) is 0 Å². The van der Waals surface area contributed by atoms with E-state index in [1.54, 1.807) is 0 Å². The maximum atomic E-state index is 12.5. The lowest BCUT2D eigenvalue weighted by molar-refractivity contribution is 0.0931. The highest BCUT2D eigenvalue weighted by Crippen LogP contribution is 2.49. The zero-order chi connectivity index (χ0) is 18.4. The first-order valence-corrected chi connectivity index (χ1v) is 10.1. The summed E-state index contributed by atoms with van der Waals surface area (Å²) in [5.74, 6) is 1.51. The van der Waals surface area contributed by atoms with Crippen molar-refractivity contribution < 1.29 is 4.79 Å². The van der Waals surface area contributed by atoms with Crippen molar-refractivity contribution in [2.45, 2.75) is 26.2 Å². The molecule has 2 atom stereocenters. The molecule has 1 saturated heterocycles. The Bertz CT molecular complexity index is 998. The summed E-state index contributed by atoms with van der Waals surface area (Å²) in [5.41, 5.74) is 1.91. The van der Waals surface area contributed by atoms with Crippen LogP contribution in [0.2, 0.25) is 0 Å². The molecule has 4 heterocycles. The first-order valence-electron chi connectivity index (χ1n) is 9.27. The van der Waals surface area contributed by atoms with E-state index in [2.05, 4.69) is 30.8 Å². The third-order valence-electron chi connectivity index (χ3n) is 5.97. The van der Waals surface area contributed by atoms with Crippen molar-refractivity contribution in [3.05, 3.63) is 34.0 Å². The van der Waals surface area contributed by atoms with Gasteiger partial charge in [0.05, 0.1) is 4.88 Å². The van der Waals surface area contributed by atoms with E-state index in [1.165, 1.54) is 28.8 Å². The van der Waals surface area contributed by atoms with Crippen LogP contribution in [0.1, 0.15) is 34.5 Å². The molecule has 8 nitrogen and oxygen atoms in total. The van der Waals surface area contributed by atoms with Gasteiger partial charge in [0.15, 0.2) is 11.5 Å². The summed E-state index contributed by atoms with van der Waals surface area (Å²) in [5, 5.41) is 21.2. The lowest BCUT2D eigenvalue weighted by Crippen LogP contribution is -2.40. The van der Waals surface area contributed by atoms with Gasteiger partial charge < -0.3 is 10.2 Å². The quantitative estimate of drug-likeness (QED) is 0.741. The van der Waals surface area contributed by atoms with Gasteiger partial charge >= 0.3 is 0 Å². The minimum atomic E-state index is 0.0415. The third kappa shape index (κ3) is 2.86. The van der Waals surface area contributed by atoms with Crippen molar-refractivity contribution >= 4 is 28.7 Å². The molecule has 140 valence electrons. The molecule has 0 unspecified atom stereocenters. The van der Waals surface area contributed by atoms with E-state index < -0.39 is 0 Å². The molecule has 9 heteroatoms. The first-order chi connectivity index (χ1) is 13.1. The van der Waals surface area contributed by atoms with Crippen molar-refractivity contribution in [2.75, 3.05) is 24.5 Å². The lowest BCUT2D eigenvalue weighted by atomic mass is 9.80. The van der Waals surface area contributed by atoms with E-state index in [4.69, 9.17) is 0 Å². The van der Waals surface area contributed by atoms with Gasteiger partial charge in [0, 0.05) is 25.0 Å². The Morgan fingerprint density at radius 2 is 2.37 bits per heavy atom. The topological polar surface area (TPSA) is 88.3 Å². The number of thiophene rings is 1. The van der Waals surface area contributed by atoms with Gasteiger partial charge in [0.1, 0.15) is 0 Å². The molecule has 1 N–H and O–H groups in total. The number of nitrogens with zero attached hydrogens (tertiary/aromatic N) is 6. The fraction of sp³-hybridized carbons (Fsp3) is 0.500. The minimum absolute atomic E-state index is 0.0415. The first kappa shape index (κ1) is 16.6. The predicted molar refractivity (Wildman–Crippen MR) is 102 cm³/mol. The fourth-order valence-electron chi connectivity index (χ4n) is 4.58. The molecule has 3 aromatic rings. The smallest absolute Gasteiger partial charge is 0.261 e. The molecule has 1 aliphatic heterocycles. The van der Waals surface area contributed by atoms with Gasteiger partial charge in [0.2, 0.25) is 0 Å². The second-order valence-electron chi connectivity index (χ2n) is 7.72. The van der Waals surface area contributed by atoms with Crippen molar-refractivity contribution in [3.8, 4) is 0 Å². The number of aromatic nitrogens is 5. The Hall–Kier alpha value is -2.55. The van der Waals surface area contributed by atoms with Crippen molar-refractivity contribution in [2.24, 2.45) is 11.3 Å². The maximum Gasteiger partial charge on any atom is 0.261 e. The monoisotopic (exact) mass is 383 g/mol. The van der Waals surface area contributed by atoms with Crippen molar-refractivity contribution in [1.82, 2.24) is 30.6 Å². The number of rotatable bonds is 4. The number of fused-ring (bicyclic) bond motifs is 2. The molecular formula is C18H21N7OS. The van der Waals surface area contributed by atoms with E-state index in [0.717, 1.165) is 42.3 Å². The number of amides is 1. The molecule has 1 aliphatic carbocycles. The highest BCUT2D eigenvalue weighted by Gasteiger charge is 2.49. The Balaban J connectivity index is 1.33. The molecule has 2 fully saturated rings. The highest BCUT2D eigenvalue weighted by atomic mass is 32.1. The molecule has 0 spiro atoms. The van der Waals surface area contributed by atoms with Gasteiger partial charge in [-0.1, -0.05) is 6.42 Å². The third-order valence-corrected chi connectivity index (χ3v) is 7.02. The van der Waals surface area contributed by atoms with Gasteiger partial charge in [-0.3, -0.25) is 4.79 Å². The molecule has 0 aromatic carbocycles. The van der Waals surface area contributed by atoms with Gasteiger partial charge in [-0.05, 0) is 65.3 Å². The summed E-state index contributed by atoms with van der Waals surface area (Å²) >= 11 is 1.51. The second kappa shape index (κ2) is 6.26. The highest BCUT2D eigenvalue weighted by molar-refractivity contribution is 7.12. The van der Waals surface area contributed by atoms with Crippen LogP contribution in [0.5, 0.6) is 0 Å². The van der Waals surface area contributed by atoms with Crippen LogP contribution in [0.4, 0.5) is 5.82 Å². The van der Waals surface area contributed by atoms with Gasteiger partial charge in [0.25, 0.3) is 5.91 Å². The Kier molecular flexibility index (Phi) is 3.85. The number of hydrogen-bond acceptors (Lipinski definition) is 7. The van der Waals surface area contributed by atoms with Crippen LogP contribution in [-0.4, -0.2) is 50.8 Å². The summed E-state index contributed by atoms with van der Waals surface area (Å²) in [6.07, 6.45) is 3.58. The van der Waals surface area contributed by atoms with Crippen LogP contribution < -0.4 is 10.2 Å². The number of tetrazole rings is 1. The zero-order valence-electron chi connectivity index (χ0n) is 15.1. The molecule has 2 aliphatic rings. The van der Waals surface area contributed by atoms with Crippen LogP contribution in [0.25, 0.3) is 5.65 Å². The SMILES string of the molecule is Cc1csc(C(=O)NC[C@]23CCC[C@H]2CN(c2ccc4nnnn4n2)C3)c1. The Morgan fingerprint density at radius 3 is 3.22 bits per heavy atom. The van der Waals surface area contributed by atoms with E-state index in [0.29, 0.717) is 11.6 Å². The fourth-order valence-corrected chi connectivity index (χ4v) is 5.39. The molecule has 27 heavy (non-hydrogen) atoms. The summed E-state index contributed by atoms with van der Waals surface area (Å²) in [7, 11) is 0. The Labute approximate surface area is 160 Å². The number of aryl methyl sites for hydroxylation is 1. The normalized spacial score (nSPS) is 24.5. The van der Waals surface area contributed by atoms with Gasteiger partial charge in [-0.15, -0.1) is 26.2 Å². The standard InChI is InChI=1S/C18H21N7OS/c1-12-7-14(27-9-12)17(26)19-10-18-6-2-3-13(18)8-24(11-18)16-5-4-15-20-22-23-25(15)21-16/h4-5,7,9,13H,2-3,6,8,10-11H2,1H3,(H,19,26)/t13-,18-/m0/s1. The molecule has 5 rings (SSSR count). The zero-order valence-corrected chi connectivity index (χ0v) is 15.9. The lowest BCUT2D eigenvalue weighted by Gasteiger charge is -2.29. The summed E-state index contributed by atoms with van der Waals surface area (Å²) < 4.78 is 1.47. The maximum absolute atomic E-state index is 12.5. The summed E-state index contributed by atoms with van der Waals surface area (Å²) in [6, 6.07) is 5.83. The van der Waals surface area contributed by atoms with Crippen LogP contribution in [0.3, 0.4) is 0 Å². The second-order valence-corrected chi connectivity index (χ2v) is 8.63. The van der Waals surface area contributed by atoms with Crippen molar-refractivity contribution in [1.29, 1.82) is 0 Å². The van der Waals surface area contributed by atoms with Crippen molar-refractivity contribution in [3.63, 3.8) is 0 Å². The van der Waals surface area contributed by atoms with Crippen LogP contribution in [-0.2, 0) is 0 Å². The van der Waals surface area contributed by atoms with E-state index in [-0.39, 0.29) is 11.3 Å². The van der Waals surface area contributed by atoms with Crippen LogP contribution in [0.15, 0.2) is 23.6 Å². The van der Waals surface area contributed by atoms with Crippen LogP contribution >= 0.6 is 11.3 Å². The van der Waals surface area contributed by atoms with Gasteiger partial charge in [-0.2, -0.15) is 0 Å². The number of anilines is 1. The summed E-state index contributed by atoms with van der Waals surface area (Å²) in [4.78, 5) is 15.6. The minimum Gasteiger partial charge on any atom is -0.354 e. The number of carbonyl (C=O) groups is 1. The molecule has 3 aromatic heterocycles. The average molecular weight is 383 g/mol. The summed E-state index contributed by atoms with van der Waals surface area (Å²) in [6.45, 7) is 4.61. The van der Waals surface area contributed by atoms with E-state index >= 15 is 0 Å². The number of hydrogen-bond donors (Lipinski definition) is 1. The van der Waals surface area contributed by atoms with E-state index in [1.807, 2.05) is 30.5 Å².